The van der Waals surface area contributed by atoms with E-state index in [0.29, 0.717) is 24.6 Å². The summed E-state index contributed by atoms with van der Waals surface area (Å²) in [6.45, 7) is 2.98. The lowest BCUT2D eigenvalue weighted by molar-refractivity contribution is 0.104. The largest absolute Gasteiger partial charge is 0.399 e. The Hall–Kier alpha value is -2.66. The van der Waals surface area contributed by atoms with Gasteiger partial charge in [0.05, 0.1) is 13.2 Å². The zero-order valence-electron chi connectivity index (χ0n) is 12.8. The highest BCUT2D eigenvalue weighted by atomic mass is 16.5. The highest BCUT2D eigenvalue weighted by Crippen LogP contribution is 2.14. The molecule has 118 valence electrons. The molecule has 3 rings (SSSR count). The van der Waals surface area contributed by atoms with E-state index in [4.69, 9.17) is 10.5 Å². The number of aromatic nitrogens is 1. The van der Waals surface area contributed by atoms with Gasteiger partial charge >= 0.3 is 0 Å². The monoisotopic (exact) mass is 309 g/mol. The second-order valence-corrected chi connectivity index (χ2v) is 5.34. The molecular formula is C18H19N3O2. The van der Waals surface area contributed by atoms with Crippen molar-refractivity contribution < 1.29 is 9.53 Å². The van der Waals surface area contributed by atoms with E-state index >= 15 is 0 Å². The van der Waals surface area contributed by atoms with Crippen molar-refractivity contribution in [1.29, 1.82) is 0 Å². The predicted molar refractivity (Wildman–Crippen MR) is 91.5 cm³/mol. The fraction of sp³-hybridized carbons (Fsp3) is 0.222. The van der Waals surface area contributed by atoms with E-state index in [1.54, 1.807) is 24.3 Å². The normalized spacial score (nSPS) is 15.0. The van der Waals surface area contributed by atoms with Gasteiger partial charge in [-0.2, -0.15) is 0 Å². The average Bonchev–Trinajstić information content (AvgIpc) is 2.62. The Balaban J connectivity index is 1.73. The van der Waals surface area contributed by atoms with Crippen LogP contribution in [-0.4, -0.2) is 37.1 Å². The molecule has 0 unspecified atom stereocenters. The molecule has 1 aromatic carbocycles. The molecule has 2 heterocycles. The number of anilines is 2. The third-order valence-electron chi connectivity index (χ3n) is 3.69. The number of allylic oxidation sites excluding steroid dienone is 1. The van der Waals surface area contributed by atoms with Crippen LogP contribution in [0.3, 0.4) is 0 Å². The SMILES string of the molecule is Nc1ccc(C=CC(=O)c2cccc(N3CCOCC3)n2)cc1. The lowest BCUT2D eigenvalue weighted by atomic mass is 10.1. The number of morpholine rings is 1. The highest BCUT2D eigenvalue weighted by Gasteiger charge is 2.13. The van der Waals surface area contributed by atoms with Crippen LogP contribution in [0.5, 0.6) is 0 Å². The van der Waals surface area contributed by atoms with E-state index in [0.717, 1.165) is 24.5 Å². The van der Waals surface area contributed by atoms with E-state index in [9.17, 15) is 4.79 Å². The van der Waals surface area contributed by atoms with Gasteiger partial charge in [-0.05, 0) is 35.9 Å². The van der Waals surface area contributed by atoms with Crippen LogP contribution in [0.25, 0.3) is 6.08 Å². The van der Waals surface area contributed by atoms with Crippen molar-refractivity contribution in [2.75, 3.05) is 36.9 Å². The molecule has 23 heavy (non-hydrogen) atoms. The van der Waals surface area contributed by atoms with Gasteiger partial charge in [0, 0.05) is 18.8 Å². The van der Waals surface area contributed by atoms with Crippen molar-refractivity contribution in [1.82, 2.24) is 4.98 Å². The number of nitrogens with two attached hydrogens (primary N) is 1. The number of nitrogens with zero attached hydrogens (tertiary/aromatic N) is 2. The van der Waals surface area contributed by atoms with Gasteiger partial charge in [-0.25, -0.2) is 4.98 Å². The van der Waals surface area contributed by atoms with Crippen LogP contribution in [-0.2, 0) is 4.74 Å². The van der Waals surface area contributed by atoms with Crippen LogP contribution >= 0.6 is 0 Å². The molecular weight excluding hydrogens is 290 g/mol. The molecule has 0 aliphatic carbocycles. The van der Waals surface area contributed by atoms with Crippen molar-refractivity contribution in [3.63, 3.8) is 0 Å². The van der Waals surface area contributed by atoms with E-state index in [2.05, 4.69) is 9.88 Å². The summed E-state index contributed by atoms with van der Waals surface area (Å²) < 4.78 is 5.34. The van der Waals surface area contributed by atoms with Gasteiger partial charge in [0.2, 0.25) is 5.78 Å². The lowest BCUT2D eigenvalue weighted by Crippen LogP contribution is -2.36. The van der Waals surface area contributed by atoms with Crippen LogP contribution in [0, 0.1) is 0 Å². The van der Waals surface area contributed by atoms with E-state index < -0.39 is 0 Å². The van der Waals surface area contributed by atoms with Gasteiger partial charge < -0.3 is 15.4 Å². The van der Waals surface area contributed by atoms with Crippen molar-refractivity contribution >= 4 is 23.4 Å². The number of hydrogen-bond donors (Lipinski definition) is 1. The van der Waals surface area contributed by atoms with Gasteiger partial charge in [0.1, 0.15) is 11.5 Å². The summed E-state index contributed by atoms with van der Waals surface area (Å²) in [4.78, 5) is 18.9. The molecule has 2 aromatic rings. The van der Waals surface area contributed by atoms with E-state index in [1.807, 2.05) is 24.3 Å². The van der Waals surface area contributed by atoms with Crippen molar-refractivity contribution in [2.24, 2.45) is 0 Å². The summed E-state index contributed by atoms with van der Waals surface area (Å²) >= 11 is 0. The Bertz CT molecular complexity index is 704. The molecule has 5 heteroatoms. The molecule has 0 saturated carbocycles. The van der Waals surface area contributed by atoms with Gasteiger partial charge in [-0.1, -0.05) is 24.3 Å². The Kier molecular flexibility index (Phi) is 4.68. The number of ether oxygens (including phenoxy) is 1. The molecule has 1 aliphatic heterocycles. The molecule has 0 radical (unpaired) electrons. The Morgan fingerprint density at radius 3 is 2.61 bits per heavy atom. The molecule has 5 nitrogen and oxygen atoms in total. The van der Waals surface area contributed by atoms with Crippen LogP contribution in [0.15, 0.2) is 48.5 Å². The van der Waals surface area contributed by atoms with Gasteiger partial charge in [-0.3, -0.25) is 4.79 Å². The number of benzene rings is 1. The number of hydrogen-bond acceptors (Lipinski definition) is 5. The summed E-state index contributed by atoms with van der Waals surface area (Å²) in [6.07, 6.45) is 3.31. The maximum absolute atomic E-state index is 12.3. The van der Waals surface area contributed by atoms with Crippen molar-refractivity contribution in [2.45, 2.75) is 0 Å². The molecule has 0 atom stereocenters. The number of nitrogen functional groups attached to an aromatic ring is 1. The number of carbonyl (C=O) groups is 1. The summed E-state index contributed by atoms with van der Waals surface area (Å²) in [5.74, 6) is 0.706. The highest BCUT2D eigenvalue weighted by molar-refractivity contribution is 6.05. The first-order chi connectivity index (χ1) is 11.2. The molecule has 0 amide bonds. The van der Waals surface area contributed by atoms with Crippen LogP contribution in [0.1, 0.15) is 16.1 Å². The second kappa shape index (κ2) is 7.07. The van der Waals surface area contributed by atoms with Gasteiger partial charge in [0.15, 0.2) is 0 Å². The first-order valence-corrected chi connectivity index (χ1v) is 7.60. The molecule has 2 N–H and O–H groups in total. The number of carbonyl (C=O) groups excluding carboxylic acids is 1. The fourth-order valence-corrected chi connectivity index (χ4v) is 2.39. The topological polar surface area (TPSA) is 68.5 Å². The van der Waals surface area contributed by atoms with Gasteiger partial charge in [0.25, 0.3) is 0 Å². The van der Waals surface area contributed by atoms with Crippen molar-refractivity contribution in [3.8, 4) is 0 Å². The first-order valence-electron chi connectivity index (χ1n) is 7.60. The van der Waals surface area contributed by atoms with Gasteiger partial charge in [-0.15, -0.1) is 0 Å². The van der Waals surface area contributed by atoms with Crippen LogP contribution in [0.4, 0.5) is 11.5 Å². The molecule has 0 spiro atoms. The minimum absolute atomic E-state index is 0.114. The van der Waals surface area contributed by atoms with E-state index in [-0.39, 0.29) is 5.78 Å². The summed E-state index contributed by atoms with van der Waals surface area (Å²) in [6, 6.07) is 12.9. The molecule has 1 saturated heterocycles. The molecule has 0 bridgehead atoms. The average molecular weight is 309 g/mol. The summed E-state index contributed by atoms with van der Waals surface area (Å²) in [5.41, 5.74) is 7.72. The second-order valence-electron chi connectivity index (χ2n) is 5.34. The Labute approximate surface area is 135 Å². The van der Waals surface area contributed by atoms with E-state index in [1.165, 1.54) is 6.08 Å². The van der Waals surface area contributed by atoms with Crippen LogP contribution in [0.2, 0.25) is 0 Å². The maximum Gasteiger partial charge on any atom is 0.204 e. The van der Waals surface area contributed by atoms with Crippen LogP contribution < -0.4 is 10.6 Å². The number of ketones is 1. The standard InChI is InChI=1S/C18H19N3O2/c19-15-7-4-14(5-8-15)6-9-17(22)16-2-1-3-18(20-16)21-10-12-23-13-11-21/h1-9H,10-13,19H2. The third-order valence-corrected chi connectivity index (χ3v) is 3.69. The molecule has 1 aliphatic rings. The maximum atomic E-state index is 12.3. The zero-order valence-corrected chi connectivity index (χ0v) is 12.8. The quantitative estimate of drug-likeness (QED) is 0.533. The fourth-order valence-electron chi connectivity index (χ4n) is 2.39. The zero-order chi connectivity index (χ0) is 16.1. The molecule has 1 fully saturated rings. The minimum Gasteiger partial charge on any atom is -0.399 e. The number of rotatable bonds is 4. The number of pyridine rings is 1. The summed E-state index contributed by atoms with van der Waals surface area (Å²) in [5, 5.41) is 0. The van der Waals surface area contributed by atoms with Crippen molar-refractivity contribution in [3.05, 3.63) is 59.8 Å². The minimum atomic E-state index is -0.114. The smallest absolute Gasteiger partial charge is 0.204 e. The lowest BCUT2D eigenvalue weighted by Gasteiger charge is -2.27. The predicted octanol–water partition coefficient (Wildman–Crippen LogP) is 2.40. The first kappa shape index (κ1) is 15.2. The summed E-state index contributed by atoms with van der Waals surface area (Å²) in [7, 11) is 0. The third kappa shape index (κ3) is 3.96. The Morgan fingerprint density at radius 2 is 1.87 bits per heavy atom. The Morgan fingerprint density at radius 1 is 1.13 bits per heavy atom. The molecule has 1 aromatic heterocycles.